The van der Waals surface area contributed by atoms with Crippen LogP contribution in [0.5, 0.6) is 0 Å². The number of nitrogens with one attached hydrogen (secondary N) is 3. The summed E-state index contributed by atoms with van der Waals surface area (Å²) in [5.74, 6) is -6.61. The Labute approximate surface area is 285 Å². The molecule has 4 fully saturated rings. The summed E-state index contributed by atoms with van der Waals surface area (Å²) in [5, 5.41) is 21.5. The Balaban J connectivity index is 0.000000191. The number of nitrogens with two attached hydrogens (primary N) is 1. The van der Waals surface area contributed by atoms with Gasteiger partial charge in [0.05, 0.1) is 24.3 Å². The predicted molar refractivity (Wildman–Crippen MR) is 172 cm³/mol. The first kappa shape index (κ1) is 36.1. The van der Waals surface area contributed by atoms with Gasteiger partial charge in [-0.05, 0) is 33.3 Å². The van der Waals surface area contributed by atoms with Crippen LogP contribution >= 0.6 is 11.8 Å². The van der Waals surface area contributed by atoms with Crippen molar-refractivity contribution in [2.75, 3.05) is 13.2 Å². The molecule has 7 N–H and O–H groups in total. The maximum Gasteiger partial charge on any atom is 0.357 e. The van der Waals surface area contributed by atoms with Crippen LogP contribution in [0.25, 0.3) is 0 Å². The summed E-state index contributed by atoms with van der Waals surface area (Å²) in [6.45, 7) is 6.34. The number of ether oxygens (including phenoxy) is 1. The second kappa shape index (κ2) is 12.9. The monoisotopic (exact) mass is 722 g/mol. The molecular formula is C30H38N6O11S2. The lowest BCUT2D eigenvalue weighted by Crippen LogP contribution is -2.71. The van der Waals surface area contributed by atoms with E-state index in [2.05, 4.69) is 16.3 Å². The number of carbonyl (C=O) groups excluding carboxylic acids is 4. The number of amides is 2. The molecule has 0 radical (unpaired) electrons. The summed E-state index contributed by atoms with van der Waals surface area (Å²) in [6.07, 6.45) is 1.15. The van der Waals surface area contributed by atoms with Gasteiger partial charge in [0.15, 0.2) is 15.5 Å². The molecule has 3 saturated heterocycles. The molecule has 1 aromatic rings. The number of hydrazine groups is 2. The average Bonchev–Trinajstić information content (AvgIpc) is 3.63. The number of benzene rings is 1. The van der Waals surface area contributed by atoms with Gasteiger partial charge in [0, 0.05) is 23.3 Å². The number of hydrogen-bond donors (Lipinski definition) is 6. The topological polar surface area (TPSA) is 255 Å². The number of β-lactam (4-membered cyclic amide) rings is 1. The van der Waals surface area contributed by atoms with Gasteiger partial charge in [0.25, 0.3) is 0 Å². The lowest BCUT2D eigenvalue weighted by atomic mass is 9.70. The Kier molecular flexibility index (Phi) is 9.52. The van der Waals surface area contributed by atoms with Crippen LogP contribution in [0.3, 0.4) is 0 Å². The van der Waals surface area contributed by atoms with Gasteiger partial charge in [0.2, 0.25) is 11.8 Å². The van der Waals surface area contributed by atoms with Crippen molar-refractivity contribution in [1.82, 2.24) is 26.2 Å². The molecule has 1 aliphatic carbocycles. The van der Waals surface area contributed by atoms with E-state index in [1.165, 1.54) is 34.8 Å². The molecule has 49 heavy (non-hydrogen) atoms. The van der Waals surface area contributed by atoms with Gasteiger partial charge in [-0.25, -0.2) is 18.0 Å². The highest BCUT2D eigenvalue weighted by molar-refractivity contribution is 8.01. The largest absolute Gasteiger partial charge is 0.481 e. The third-order valence-electron chi connectivity index (χ3n) is 9.58. The smallest absolute Gasteiger partial charge is 0.357 e. The third-order valence-corrected chi connectivity index (χ3v) is 14.1. The van der Waals surface area contributed by atoms with Crippen LogP contribution in [0, 0.1) is 11.8 Å². The Bertz CT molecular complexity index is 1720. The summed E-state index contributed by atoms with van der Waals surface area (Å²) < 4.78 is 28.4. The highest BCUT2D eigenvalue weighted by atomic mass is 32.2. The summed E-state index contributed by atoms with van der Waals surface area (Å²) in [4.78, 5) is 73.0. The maximum absolute atomic E-state index is 12.9. The Morgan fingerprint density at radius 1 is 1.12 bits per heavy atom. The SMILES string of the molecule is CC1(C)S[C@@H]2[C@H](NC(=O)C(N)c3ccccc3)C(=O)N2[C@H]1C(=O)O.CCOC(=O)C1=CNNN1C[C@@]1(C)[C@H](C(=O)O)C2C(=O)CC2S1(=O)=O. The van der Waals surface area contributed by atoms with Crippen molar-refractivity contribution in [3.63, 3.8) is 0 Å². The van der Waals surface area contributed by atoms with Crippen molar-refractivity contribution in [3.8, 4) is 0 Å². The summed E-state index contributed by atoms with van der Waals surface area (Å²) in [5.41, 5.74) is 11.8. The van der Waals surface area contributed by atoms with Crippen molar-refractivity contribution >= 4 is 57.1 Å². The van der Waals surface area contributed by atoms with E-state index in [0.29, 0.717) is 5.56 Å². The van der Waals surface area contributed by atoms with Gasteiger partial charge in [0.1, 0.15) is 34.0 Å². The van der Waals surface area contributed by atoms with E-state index in [1.807, 2.05) is 6.07 Å². The molecule has 17 nitrogen and oxygen atoms in total. The average molecular weight is 723 g/mol. The number of rotatable bonds is 9. The molecule has 0 aromatic heterocycles. The van der Waals surface area contributed by atoms with Crippen LogP contribution in [0.4, 0.5) is 0 Å². The van der Waals surface area contributed by atoms with Crippen LogP contribution in [0.1, 0.15) is 45.7 Å². The third kappa shape index (κ3) is 5.91. The minimum Gasteiger partial charge on any atom is -0.481 e. The van der Waals surface area contributed by atoms with Gasteiger partial charge in [-0.1, -0.05) is 30.3 Å². The fourth-order valence-corrected chi connectivity index (χ4v) is 11.4. The van der Waals surface area contributed by atoms with Crippen molar-refractivity contribution < 1.29 is 52.1 Å². The second-order valence-corrected chi connectivity index (χ2v) is 17.4. The van der Waals surface area contributed by atoms with Gasteiger partial charge < -0.3 is 36.3 Å². The molecule has 3 unspecified atom stereocenters. The van der Waals surface area contributed by atoms with Crippen molar-refractivity contribution in [2.24, 2.45) is 17.6 Å². The zero-order chi connectivity index (χ0) is 36.2. The minimum absolute atomic E-state index is 0.0352. The molecule has 2 amide bonds. The van der Waals surface area contributed by atoms with Crippen LogP contribution < -0.4 is 22.0 Å². The van der Waals surface area contributed by atoms with Gasteiger partial charge >= 0.3 is 17.9 Å². The number of esters is 1. The highest BCUT2D eigenvalue weighted by Crippen LogP contribution is 2.54. The van der Waals surface area contributed by atoms with E-state index in [4.69, 9.17) is 10.5 Å². The first-order valence-corrected chi connectivity index (χ1v) is 17.8. The zero-order valence-corrected chi connectivity index (χ0v) is 28.6. The summed E-state index contributed by atoms with van der Waals surface area (Å²) in [6, 6.07) is 6.38. The van der Waals surface area contributed by atoms with Gasteiger partial charge in [-0.2, -0.15) is 0 Å². The van der Waals surface area contributed by atoms with E-state index < -0.39 is 78.4 Å². The fraction of sp³-hybridized carbons (Fsp3) is 0.533. The first-order valence-electron chi connectivity index (χ1n) is 15.4. The summed E-state index contributed by atoms with van der Waals surface area (Å²) >= 11 is 1.38. The standard InChI is InChI=1S/C16H19N3O4S.C14H19N3O7S/c1-16(2)11(15(22)23)19-13(21)10(14(19)24-16)18-12(20)9(17)8-6-4-3-5-7-8;1-3-24-13(21)7-5-15-16-17(7)6-14(2)11(12(19)20)10-8(18)4-9(10)25(14,22)23/h3-7,9-11,14H,17H2,1-2H3,(H,18,20)(H,22,23);5,9-11,15-16H,3-4,6H2,1-2H3,(H,19,20)/t9?,10-,11+,14-;9?,10?,11-,14-/m10/s1. The molecule has 266 valence electrons. The van der Waals surface area contributed by atoms with E-state index in [9.17, 15) is 47.4 Å². The number of carboxylic acid groups (broad SMARTS) is 2. The fourth-order valence-electron chi connectivity index (χ4n) is 7.05. The van der Waals surface area contributed by atoms with Gasteiger partial charge in [-0.15, -0.1) is 17.3 Å². The molecule has 1 saturated carbocycles. The number of sulfone groups is 1. The molecule has 4 aliphatic heterocycles. The van der Waals surface area contributed by atoms with E-state index in [1.54, 1.807) is 45.0 Å². The molecule has 0 bridgehead atoms. The molecule has 5 aliphatic rings. The Morgan fingerprint density at radius 2 is 1.78 bits per heavy atom. The number of nitrogens with zero attached hydrogens (tertiary/aromatic N) is 2. The van der Waals surface area contributed by atoms with Crippen LogP contribution in [0.15, 0.2) is 42.2 Å². The molecule has 0 spiro atoms. The number of hydrogen-bond acceptors (Lipinski definition) is 14. The number of carbonyl (C=O) groups is 6. The number of thioether (sulfide) groups is 1. The zero-order valence-electron chi connectivity index (χ0n) is 27.0. The van der Waals surface area contributed by atoms with Crippen LogP contribution in [-0.2, 0) is 43.3 Å². The minimum atomic E-state index is -3.89. The first-order chi connectivity index (χ1) is 22.9. The Hall–Kier alpha value is -4.20. The van der Waals surface area contributed by atoms with E-state index >= 15 is 0 Å². The quantitative estimate of drug-likeness (QED) is 0.130. The number of fused-ring (bicyclic) bond motifs is 2. The molecule has 6 rings (SSSR count). The van der Waals surface area contributed by atoms with E-state index in [0.717, 1.165) is 0 Å². The number of Topliss-reactive ketones (excluding diaryl/α,β-unsaturated/α-hetero) is 1. The molecule has 8 atom stereocenters. The van der Waals surface area contributed by atoms with Crippen molar-refractivity contribution in [1.29, 1.82) is 0 Å². The second-order valence-electron chi connectivity index (χ2n) is 13.0. The van der Waals surface area contributed by atoms with Crippen molar-refractivity contribution in [3.05, 3.63) is 47.8 Å². The number of ketones is 1. The summed E-state index contributed by atoms with van der Waals surface area (Å²) in [7, 11) is -3.89. The Morgan fingerprint density at radius 3 is 2.35 bits per heavy atom. The van der Waals surface area contributed by atoms with E-state index in [-0.39, 0.29) is 42.3 Å². The highest BCUT2D eigenvalue weighted by Gasteiger charge is 2.72. The van der Waals surface area contributed by atoms with Crippen molar-refractivity contribution in [2.45, 2.75) is 72.4 Å². The predicted octanol–water partition coefficient (Wildman–Crippen LogP) is -1.12. The number of carboxylic acids is 2. The molecule has 19 heteroatoms. The number of aliphatic carboxylic acids is 2. The normalized spacial score (nSPS) is 32.1. The maximum atomic E-state index is 12.9. The van der Waals surface area contributed by atoms with Crippen LogP contribution in [0.2, 0.25) is 0 Å². The van der Waals surface area contributed by atoms with Gasteiger partial charge in [-0.3, -0.25) is 24.2 Å². The molecule has 1 aromatic carbocycles. The molecular weight excluding hydrogens is 684 g/mol. The lowest BCUT2D eigenvalue weighted by molar-refractivity contribution is -0.161. The van der Waals surface area contributed by atoms with Crippen LogP contribution in [-0.4, -0.2) is 109 Å². The molecule has 4 heterocycles. The lowest BCUT2D eigenvalue weighted by Gasteiger charge is -2.43.